The number of halogens is 4. The zero-order valence-electron chi connectivity index (χ0n) is 19.0. The highest BCUT2D eigenvalue weighted by Crippen LogP contribution is 2.38. The Morgan fingerprint density at radius 1 is 0.971 bits per heavy atom. The molecule has 0 saturated carbocycles. The molecule has 4 rings (SSSR count). The molecule has 0 N–H and O–H groups in total. The van der Waals surface area contributed by atoms with Crippen molar-refractivity contribution in [1.82, 2.24) is 14.7 Å². The average molecular weight is 503 g/mol. The fourth-order valence-corrected chi connectivity index (χ4v) is 4.47. The number of para-hydroxylation sites is 1. The number of benzene rings is 2. The minimum absolute atomic E-state index is 0.00229. The maximum Gasteiger partial charge on any atom is 0.435 e. The number of carbonyl (C=O) groups excluding carboxylic acids is 1. The Bertz CT molecular complexity index is 1280. The molecule has 0 fully saturated rings. The van der Waals surface area contributed by atoms with Crippen molar-refractivity contribution in [2.75, 3.05) is 19.0 Å². The topological polar surface area (TPSA) is 41.4 Å². The summed E-state index contributed by atoms with van der Waals surface area (Å²) < 4.78 is 57.2. The van der Waals surface area contributed by atoms with Crippen LogP contribution in [0.15, 0.2) is 72.1 Å². The van der Waals surface area contributed by atoms with Crippen LogP contribution in [0.3, 0.4) is 0 Å². The van der Waals surface area contributed by atoms with Crippen molar-refractivity contribution >= 4 is 23.1 Å². The SMILES string of the molecule is CN(C)c1c(CN(Cc2ccc(F)cc2)C(=O)c2cccs2)c(C(F)(F)F)nn1-c1ccccc1. The molecule has 0 aliphatic carbocycles. The van der Waals surface area contributed by atoms with E-state index in [0.29, 0.717) is 16.1 Å². The first kappa shape index (κ1) is 24.5. The lowest BCUT2D eigenvalue weighted by molar-refractivity contribution is -0.142. The van der Waals surface area contributed by atoms with Crippen LogP contribution in [0.4, 0.5) is 23.4 Å². The fourth-order valence-electron chi connectivity index (χ4n) is 3.78. The van der Waals surface area contributed by atoms with E-state index >= 15 is 0 Å². The molecule has 0 aliphatic heterocycles. The van der Waals surface area contributed by atoms with Gasteiger partial charge in [0.05, 0.1) is 17.1 Å². The summed E-state index contributed by atoms with van der Waals surface area (Å²) in [5.74, 6) is -0.649. The van der Waals surface area contributed by atoms with Crippen molar-refractivity contribution in [2.24, 2.45) is 0 Å². The second-order valence-electron chi connectivity index (χ2n) is 8.06. The van der Waals surface area contributed by atoms with E-state index in [-0.39, 0.29) is 24.5 Å². The molecule has 0 atom stereocenters. The molecule has 0 spiro atoms. The highest BCUT2D eigenvalue weighted by atomic mass is 32.1. The van der Waals surface area contributed by atoms with Gasteiger partial charge in [0, 0.05) is 26.2 Å². The number of anilines is 1. The van der Waals surface area contributed by atoms with E-state index in [2.05, 4.69) is 5.10 Å². The van der Waals surface area contributed by atoms with Crippen molar-refractivity contribution < 1.29 is 22.4 Å². The third-order valence-electron chi connectivity index (χ3n) is 5.30. The fraction of sp³-hybridized carbons (Fsp3) is 0.200. The van der Waals surface area contributed by atoms with Crippen LogP contribution in [0.25, 0.3) is 5.69 Å². The van der Waals surface area contributed by atoms with Gasteiger partial charge in [-0.15, -0.1) is 11.3 Å². The Labute approximate surface area is 203 Å². The summed E-state index contributed by atoms with van der Waals surface area (Å²) >= 11 is 1.20. The standard InChI is InChI=1S/C25H22F4N4OS/c1-31(2)23-20(22(25(27,28)29)30-33(23)19-7-4-3-5-8-19)16-32(24(34)21-9-6-14-35-21)15-17-10-12-18(26)13-11-17/h3-14H,15-16H2,1-2H3. The zero-order valence-corrected chi connectivity index (χ0v) is 19.8. The van der Waals surface area contributed by atoms with Crippen molar-refractivity contribution in [3.8, 4) is 5.69 Å². The Kier molecular flexibility index (Phi) is 6.93. The van der Waals surface area contributed by atoms with E-state index in [0.717, 1.165) is 0 Å². The predicted octanol–water partition coefficient (Wildman–Crippen LogP) is 6.00. The molecule has 2 aromatic carbocycles. The minimum atomic E-state index is -4.74. The van der Waals surface area contributed by atoms with Crippen LogP contribution in [0, 0.1) is 5.82 Å². The number of aromatic nitrogens is 2. The first-order valence-electron chi connectivity index (χ1n) is 10.6. The van der Waals surface area contributed by atoms with Gasteiger partial charge in [0.25, 0.3) is 5.91 Å². The number of hydrogen-bond donors (Lipinski definition) is 0. The van der Waals surface area contributed by atoms with E-state index in [9.17, 15) is 22.4 Å². The van der Waals surface area contributed by atoms with Crippen LogP contribution in [0.1, 0.15) is 26.5 Å². The third-order valence-corrected chi connectivity index (χ3v) is 6.16. The number of nitrogens with zero attached hydrogens (tertiary/aromatic N) is 4. The lowest BCUT2D eigenvalue weighted by atomic mass is 10.1. The molecule has 182 valence electrons. The normalized spacial score (nSPS) is 11.5. The van der Waals surface area contributed by atoms with Crippen molar-refractivity contribution in [2.45, 2.75) is 19.3 Å². The smallest absolute Gasteiger partial charge is 0.362 e. The Balaban J connectivity index is 1.83. The second kappa shape index (κ2) is 9.91. The largest absolute Gasteiger partial charge is 0.435 e. The average Bonchev–Trinajstić information content (AvgIpc) is 3.48. The third kappa shape index (κ3) is 5.37. The monoisotopic (exact) mass is 502 g/mol. The molecule has 5 nitrogen and oxygen atoms in total. The highest BCUT2D eigenvalue weighted by Gasteiger charge is 2.41. The van der Waals surface area contributed by atoms with Crippen molar-refractivity contribution in [1.29, 1.82) is 0 Å². The summed E-state index contributed by atoms with van der Waals surface area (Å²) in [6, 6.07) is 17.4. The number of thiophene rings is 1. The lowest BCUT2D eigenvalue weighted by Gasteiger charge is -2.25. The highest BCUT2D eigenvalue weighted by molar-refractivity contribution is 7.12. The maximum atomic E-state index is 14.2. The molecule has 1 amide bonds. The lowest BCUT2D eigenvalue weighted by Crippen LogP contribution is -2.31. The van der Waals surface area contributed by atoms with E-state index in [1.54, 1.807) is 66.8 Å². The molecular weight excluding hydrogens is 480 g/mol. The van der Waals surface area contributed by atoms with Gasteiger partial charge in [0.2, 0.25) is 0 Å². The molecular formula is C25H22F4N4OS. The summed E-state index contributed by atoms with van der Waals surface area (Å²) in [6.45, 7) is -0.346. The number of hydrogen-bond acceptors (Lipinski definition) is 4. The summed E-state index contributed by atoms with van der Waals surface area (Å²) in [7, 11) is 3.26. The molecule has 0 bridgehead atoms. The van der Waals surface area contributed by atoms with E-state index in [1.807, 2.05) is 0 Å². The molecule has 35 heavy (non-hydrogen) atoms. The molecule has 0 radical (unpaired) electrons. The quantitative estimate of drug-likeness (QED) is 0.291. The minimum Gasteiger partial charge on any atom is -0.362 e. The van der Waals surface area contributed by atoms with Crippen LogP contribution < -0.4 is 4.90 Å². The Morgan fingerprint density at radius 3 is 2.23 bits per heavy atom. The summed E-state index contributed by atoms with van der Waals surface area (Å²) in [6.07, 6.45) is -4.74. The van der Waals surface area contributed by atoms with E-state index in [1.165, 1.54) is 45.2 Å². The molecule has 10 heteroatoms. The molecule has 0 unspecified atom stereocenters. The number of alkyl halides is 3. The van der Waals surface area contributed by atoms with Crippen LogP contribution in [0.5, 0.6) is 0 Å². The first-order chi connectivity index (χ1) is 16.6. The number of carbonyl (C=O) groups is 1. The predicted molar refractivity (Wildman–Crippen MR) is 127 cm³/mol. The Morgan fingerprint density at radius 2 is 1.66 bits per heavy atom. The molecule has 2 aromatic heterocycles. The molecule has 2 heterocycles. The molecule has 0 aliphatic rings. The van der Waals surface area contributed by atoms with Gasteiger partial charge < -0.3 is 9.80 Å². The van der Waals surface area contributed by atoms with Crippen LogP contribution in [-0.4, -0.2) is 34.7 Å². The van der Waals surface area contributed by atoms with Gasteiger partial charge in [0.15, 0.2) is 5.69 Å². The van der Waals surface area contributed by atoms with Gasteiger partial charge >= 0.3 is 6.18 Å². The molecule has 0 saturated heterocycles. The van der Waals surface area contributed by atoms with Gasteiger partial charge in [-0.25, -0.2) is 9.07 Å². The van der Waals surface area contributed by atoms with E-state index in [4.69, 9.17) is 0 Å². The summed E-state index contributed by atoms with van der Waals surface area (Å²) in [5, 5.41) is 5.66. The number of amides is 1. The Hall–Kier alpha value is -3.66. The second-order valence-corrected chi connectivity index (χ2v) is 9.00. The van der Waals surface area contributed by atoms with Gasteiger partial charge in [0.1, 0.15) is 11.6 Å². The maximum absolute atomic E-state index is 14.2. The first-order valence-corrected chi connectivity index (χ1v) is 11.5. The summed E-state index contributed by atoms with van der Waals surface area (Å²) in [4.78, 5) is 16.6. The van der Waals surface area contributed by atoms with Gasteiger partial charge in [-0.3, -0.25) is 4.79 Å². The van der Waals surface area contributed by atoms with Gasteiger partial charge in [-0.1, -0.05) is 36.4 Å². The van der Waals surface area contributed by atoms with Crippen LogP contribution >= 0.6 is 11.3 Å². The summed E-state index contributed by atoms with van der Waals surface area (Å²) in [5.41, 5.74) is -0.138. The van der Waals surface area contributed by atoms with Crippen molar-refractivity contribution in [3.05, 3.63) is 99.6 Å². The van der Waals surface area contributed by atoms with Crippen LogP contribution in [0.2, 0.25) is 0 Å². The van der Waals surface area contributed by atoms with Crippen LogP contribution in [-0.2, 0) is 19.3 Å². The number of rotatable bonds is 7. The van der Waals surface area contributed by atoms with Crippen molar-refractivity contribution in [3.63, 3.8) is 0 Å². The van der Waals surface area contributed by atoms with Gasteiger partial charge in [-0.05, 0) is 41.3 Å². The van der Waals surface area contributed by atoms with E-state index < -0.39 is 23.6 Å². The molecule has 4 aromatic rings. The zero-order chi connectivity index (χ0) is 25.2. The van der Waals surface area contributed by atoms with Gasteiger partial charge in [-0.2, -0.15) is 18.3 Å².